The monoisotopic (exact) mass is 346 g/mol. The largest absolute Gasteiger partial charge is 0.493 e. The standard InChI is InChI=1S/C14H14N6O5/c21-11(6-10-13(22)16-4-3-15-10)18-19-12-8-5-7(20(24)25)1-2-9(8)17-14(12)23/h1-2,5,10,15,17,23H,3-4,6H2,(H,16,22). The number of nitrogens with one attached hydrogen (secondary N) is 3. The van der Waals surface area contributed by atoms with Crippen LogP contribution in [0.5, 0.6) is 5.88 Å². The van der Waals surface area contributed by atoms with Gasteiger partial charge >= 0.3 is 0 Å². The molecule has 130 valence electrons. The number of aromatic nitrogens is 1. The predicted molar refractivity (Wildman–Crippen MR) is 85.6 cm³/mol. The van der Waals surface area contributed by atoms with E-state index in [2.05, 4.69) is 25.8 Å². The van der Waals surface area contributed by atoms with Gasteiger partial charge in [0.05, 0.1) is 22.9 Å². The number of aromatic hydroxyl groups is 1. The van der Waals surface area contributed by atoms with Crippen molar-refractivity contribution in [1.29, 1.82) is 0 Å². The second-order valence-electron chi connectivity index (χ2n) is 5.40. The second-order valence-corrected chi connectivity index (χ2v) is 5.40. The van der Waals surface area contributed by atoms with Crippen LogP contribution in [-0.2, 0) is 9.59 Å². The maximum Gasteiger partial charge on any atom is 0.270 e. The molecular formula is C14H14N6O5. The van der Waals surface area contributed by atoms with E-state index >= 15 is 0 Å². The number of carbonyl (C=O) groups excluding carboxylic acids is 2. The summed E-state index contributed by atoms with van der Waals surface area (Å²) in [5.41, 5.74) is 0.156. The van der Waals surface area contributed by atoms with E-state index in [4.69, 9.17) is 0 Å². The summed E-state index contributed by atoms with van der Waals surface area (Å²) in [5.74, 6) is -1.31. The molecule has 2 aromatic rings. The fourth-order valence-electron chi connectivity index (χ4n) is 2.50. The van der Waals surface area contributed by atoms with Gasteiger partial charge in [-0.25, -0.2) is 0 Å². The van der Waals surface area contributed by atoms with Gasteiger partial charge in [0.25, 0.3) is 11.6 Å². The van der Waals surface area contributed by atoms with Gasteiger partial charge < -0.3 is 20.7 Å². The van der Waals surface area contributed by atoms with Crippen molar-refractivity contribution >= 4 is 34.1 Å². The summed E-state index contributed by atoms with van der Waals surface area (Å²) in [6.45, 7) is 1.04. The molecule has 1 aromatic heterocycles. The first-order chi connectivity index (χ1) is 12.0. The molecule has 0 saturated carbocycles. The lowest BCUT2D eigenvalue weighted by Gasteiger charge is -2.21. The van der Waals surface area contributed by atoms with Gasteiger partial charge in [-0.3, -0.25) is 19.7 Å². The lowest BCUT2D eigenvalue weighted by Crippen LogP contribution is -2.53. The van der Waals surface area contributed by atoms with E-state index in [9.17, 15) is 24.8 Å². The summed E-state index contributed by atoms with van der Waals surface area (Å²) in [4.78, 5) is 36.4. The van der Waals surface area contributed by atoms with Crippen LogP contribution in [0.4, 0.5) is 11.4 Å². The first-order valence-corrected chi connectivity index (χ1v) is 7.40. The van der Waals surface area contributed by atoms with Crippen molar-refractivity contribution in [1.82, 2.24) is 15.6 Å². The summed E-state index contributed by atoms with van der Waals surface area (Å²) in [7, 11) is 0. The molecule has 1 aromatic carbocycles. The van der Waals surface area contributed by atoms with Crippen molar-refractivity contribution in [3.05, 3.63) is 28.3 Å². The van der Waals surface area contributed by atoms with E-state index < -0.39 is 16.9 Å². The zero-order valence-electron chi connectivity index (χ0n) is 12.9. The number of nitro groups is 1. The van der Waals surface area contributed by atoms with Crippen LogP contribution in [0.3, 0.4) is 0 Å². The number of benzene rings is 1. The zero-order chi connectivity index (χ0) is 18.0. The van der Waals surface area contributed by atoms with Gasteiger partial charge in [-0.05, 0) is 6.07 Å². The van der Waals surface area contributed by atoms with Crippen molar-refractivity contribution in [3.8, 4) is 5.88 Å². The molecule has 1 fully saturated rings. The Balaban J connectivity index is 1.81. The molecule has 1 aliphatic rings. The number of hydrogen-bond acceptors (Lipinski definition) is 7. The van der Waals surface area contributed by atoms with Crippen LogP contribution in [0, 0.1) is 10.1 Å². The molecule has 25 heavy (non-hydrogen) atoms. The minimum Gasteiger partial charge on any atom is -0.493 e. The van der Waals surface area contributed by atoms with E-state index in [0.717, 1.165) is 0 Å². The molecule has 2 heterocycles. The Kier molecular flexibility index (Phi) is 4.39. The van der Waals surface area contributed by atoms with Crippen molar-refractivity contribution in [3.63, 3.8) is 0 Å². The molecule has 1 atom stereocenters. The van der Waals surface area contributed by atoms with Crippen LogP contribution in [-0.4, -0.2) is 46.0 Å². The topological polar surface area (TPSA) is 162 Å². The highest BCUT2D eigenvalue weighted by Crippen LogP contribution is 2.37. The van der Waals surface area contributed by atoms with Gasteiger partial charge in [-0.1, -0.05) is 0 Å². The number of rotatable bonds is 4. The number of amides is 2. The van der Waals surface area contributed by atoms with Crippen molar-refractivity contribution in [2.75, 3.05) is 13.1 Å². The molecule has 4 N–H and O–H groups in total. The van der Waals surface area contributed by atoms with Gasteiger partial charge in [-0.2, -0.15) is 0 Å². The van der Waals surface area contributed by atoms with Gasteiger partial charge in [-0.15, -0.1) is 10.2 Å². The van der Waals surface area contributed by atoms with Crippen molar-refractivity contribution < 1.29 is 19.6 Å². The highest BCUT2D eigenvalue weighted by molar-refractivity contribution is 5.96. The summed E-state index contributed by atoms with van der Waals surface area (Å²) >= 11 is 0. The Labute approximate surface area is 140 Å². The van der Waals surface area contributed by atoms with Crippen LogP contribution >= 0.6 is 0 Å². The maximum absolute atomic E-state index is 11.9. The molecule has 2 amide bonds. The molecule has 0 bridgehead atoms. The Morgan fingerprint density at radius 3 is 2.92 bits per heavy atom. The smallest absolute Gasteiger partial charge is 0.270 e. The molecular weight excluding hydrogens is 332 g/mol. The lowest BCUT2D eigenvalue weighted by molar-refractivity contribution is -0.384. The number of nitro benzene ring substituents is 1. The number of nitrogens with zero attached hydrogens (tertiary/aromatic N) is 3. The van der Waals surface area contributed by atoms with E-state index in [1.807, 2.05) is 0 Å². The van der Waals surface area contributed by atoms with Gasteiger partial charge in [0.15, 0.2) is 5.69 Å². The SMILES string of the molecule is O=C(CC1NCCNC1=O)N=Nc1c(O)[nH]c2ccc([N+](=O)[O-])cc12. The third-order valence-corrected chi connectivity index (χ3v) is 3.72. The number of fused-ring (bicyclic) bond motifs is 1. The Morgan fingerprint density at radius 2 is 2.20 bits per heavy atom. The summed E-state index contributed by atoms with van der Waals surface area (Å²) < 4.78 is 0. The van der Waals surface area contributed by atoms with E-state index in [1.165, 1.54) is 18.2 Å². The average Bonchev–Trinajstić information content (AvgIpc) is 2.89. The van der Waals surface area contributed by atoms with E-state index in [-0.39, 0.29) is 35.0 Å². The summed E-state index contributed by atoms with van der Waals surface area (Å²) in [6.07, 6.45) is -0.182. The minimum atomic E-state index is -0.683. The molecule has 0 aliphatic carbocycles. The fraction of sp³-hybridized carbons (Fsp3) is 0.286. The number of carbonyl (C=O) groups is 2. The molecule has 1 aliphatic heterocycles. The average molecular weight is 346 g/mol. The predicted octanol–water partition coefficient (Wildman–Crippen LogP) is 0.870. The number of aromatic amines is 1. The zero-order valence-corrected chi connectivity index (χ0v) is 12.9. The van der Waals surface area contributed by atoms with E-state index in [0.29, 0.717) is 18.6 Å². The van der Waals surface area contributed by atoms with Crippen LogP contribution in [0.2, 0.25) is 0 Å². The number of non-ortho nitro benzene ring substituents is 1. The third kappa shape index (κ3) is 3.45. The first-order valence-electron chi connectivity index (χ1n) is 7.40. The van der Waals surface area contributed by atoms with Crippen LogP contribution in [0.15, 0.2) is 28.4 Å². The number of azo groups is 1. The number of piperazine rings is 1. The van der Waals surface area contributed by atoms with Crippen LogP contribution in [0.25, 0.3) is 10.9 Å². The quantitative estimate of drug-likeness (QED) is 0.365. The minimum absolute atomic E-state index is 0.0758. The molecule has 3 rings (SSSR count). The number of hydrogen-bond donors (Lipinski definition) is 4. The Bertz CT molecular complexity index is 889. The fourth-order valence-corrected chi connectivity index (χ4v) is 2.50. The van der Waals surface area contributed by atoms with Gasteiger partial charge in [0.1, 0.15) is 0 Å². The molecule has 1 unspecified atom stereocenters. The van der Waals surface area contributed by atoms with Crippen LogP contribution < -0.4 is 10.6 Å². The molecule has 1 saturated heterocycles. The van der Waals surface area contributed by atoms with E-state index in [1.54, 1.807) is 0 Å². The molecule has 11 nitrogen and oxygen atoms in total. The highest BCUT2D eigenvalue weighted by atomic mass is 16.6. The molecule has 0 spiro atoms. The summed E-state index contributed by atoms with van der Waals surface area (Å²) in [6, 6.07) is 3.24. The Morgan fingerprint density at radius 1 is 1.40 bits per heavy atom. The van der Waals surface area contributed by atoms with Crippen molar-refractivity contribution in [2.45, 2.75) is 12.5 Å². The molecule has 0 radical (unpaired) electrons. The van der Waals surface area contributed by atoms with Crippen LogP contribution in [0.1, 0.15) is 6.42 Å². The number of H-pyrrole nitrogens is 1. The highest BCUT2D eigenvalue weighted by Gasteiger charge is 2.24. The maximum atomic E-state index is 11.9. The lowest BCUT2D eigenvalue weighted by atomic mass is 10.1. The molecule has 11 heteroatoms. The third-order valence-electron chi connectivity index (χ3n) is 3.72. The normalized spacial score (nSPS) is 17.8. The summed E-state index contributed by atoms with van der Waals surface area (Å²) in [5, 5.41) is 33.7. The van der Waals surface area contributed by atoms with Gasteiger partial charge in [0, 0.05) is 30.6 Å². The van der Waals surface area contributed by atoms with Gasteiger partial charge in [0.2, 0.25) is 11.8 Å². The second kappa shape index (κ2) is 6.65. The first kappa shape index (κ1) is 16.5. The van der Waals surface area contributed by atoms with Crippen molar-refractivity contribution in [2.24, 2.45) is 10.2 Å². The Hall–Kier alpha value is -3.34.